The highest BCUT2D eigenvalue weighted by molar-refractivity contribution is 5.96. The van der Waals surface area contributed by atoms with E-state index in [1.54, 1.807) is 20.0 Å². The highest BCUT2D eigenvalue weighted by Gasteiger charge is 2.39. The molecule has 9 nitrogen and oxygen atoms in total. The fourth-order valence-corrected chi connectivity index (χ4v) is 3.87. The molecule has 1 aliphatic rings. The lowest BCUT2D eigenvalue weighted by molar-refractivity contribution is -0.167. The van der Waals surface area contributed by atoms with Gasteiger partial charge < -0.3 is 20.3 Å². The molecule has 0 spiro atoms. The molecule has 3 heterocycles. The minimum absolute atomic E-state index is 0.0309. The normalized spacial score (nSPS) is 13.9. The number of hydrogen-bond acceptors (Lipinski definition) is 6. The van der Waals surface area contributed by atoms with Crippen LogP contribution in [0, 0.1) is 11.8 Å². The second-order valence-electron chi connectivity index (χ2n) is 7.78. The van der Waals surface area contributed by atoms with Crippen molar-refractivity contribution in [2.75, 3.05) is 36.4 Å². The van der Waals surface area contributed by atoms with Crippen molar-refractivity contribution < 1.29 is 22.7 Å². The first kappa shape index (κ1) is 24.2. The molecule has 184 valence electrons. The van der Waals surface area contributed by atoms with Crippen LogP contribution < -0.4 is 26.0 Å². The summed E-state index contributed by atoms with van der Waals surface area (Å²) in [6.07, 6.45) is -3.63. The van der Waals surface area contributed by atoms with E-state index in [0.29, 0.717) is 29.9 Å². The summed E-state index contributed by atoms with van der Waals surface area (Å²) < 4.78 is 47.2. The van der Waals surface area contributed by atoms with Gasteiger partial charge in [-0.3, -0.25) is 13.9 Å². The van der Waals surface area contributed by atoms with E-state index in [1.165, 1.54) is 33.5 Å². The number of piperazine rings is 1. The quantitative estimate of drug-likeness (QED) is 0.536. The number of pyridine rings is 1. The van der Waals surface area contributed by atoms with E-state index in [-0.39, 0.29) is 29.4 Å². The number of imidazole rings is 1. The lowest BCUT2D eigenvalue weighted by Gasteiger charge is -2.29. The van der Waals surface area contributed by atoms with Crippen LogP contribution in [0.25, 0.3) is 11.0 Å². The molecule has 4 rings (SSSR count). The molecular weight excluding hydrogens is 465 g/mol. The first-order chi connectivity index (χ1) is 16.7. The third-order valence-electron chi connectivity index (χ3n) is 5.54. The third-order valence-corrected chi connectivity index (χ3v) is 5.54. The number of hydrogen-bond donors (Lipinski definition) is 2. The number of anilines is 2. The Bertz CT molecular complexity index is 1380. The van der Waals surface area contributed by atoms with Crippen molar-refractivity contribution in [3.05, 3.63) is 40.9 Å². The number of carbonyl (C=O) groups is 1. The smallest absolute Gasteiger partial charge is 0.451 e. The number of alkyl halides is 3. The van der Waals surface area contributed by atoms with Gasteiger partial charge in [-0.1, -0.05) is 18.1 Å². The largest absolute Gasteiger partial charge is 0.471 e. The number of rotatable bonds is 5. The molecule has 1 aliphatic heterocycles. The van der Waals surface area contributed by atoms with E-state index in [9.17, 15) is 22.8 Å². The Labute approximate surface area is 198 Å². The van der Waals surface area contributed by atoms with Gasteiger partial charge in [-0.05, 0) is 19.1 Å². The SMILES string of the molecule is CC#CCn1c(=O)n(C)c2c(Oc3ccccc3NC(=O)C(F)(F)F)cnc(N3CCNCC3)c21. The molecule has 0 aliphatic carbocycles. The summed E-state index contributed by atoms with van der Waals surface area (Å²) in [4.78, 5) is 31.2. The van der Waals surface area contributed by atoms with Crippen LogP contribution in [0.4, 0.5) is 24.7 Å². The molecular formula is C23H23F3N6O3. The molecule has 35 heavy (non-hydrogen) atoms. The molecule has 3 aromatic rings. The molecule has 0 unspecified atom stereocenters. The summed E-state index contributed by atoms with van der Waals surface area (Å²) >= 11 is 0. The average Bonchev–Trinajstić information content (AvgIpc) is 3.09. The highest BCUT2D eigenvalue weighted by Crippen LogP contribution is 2.36. The van der Waals surface area contributed by atoms with Crippen LogP contribution in [0.2, 0.25) is 0 Å². The van der Waals surface area contributed by atoms with E-state index >= 15 is 0 Å². The van der Waals surface area contributed by atoms with Crippen molar-refractivity contribution in [2.45, 2.75) is 19.6 Å². The Kier molecular flexibility index (Phi) is 6.70. The number of para-hydroxylation sites is 2. The Morgan fingerprint density at radius 1 is 1.20 bits per heavy atom. The Balaban J connectivity index is 1.84. The number of benzene rings is 1. The van der Waals surface area contributed by atoms with Gasteiger partial charge in [0.15, 0.2) is 17.3 Å². The van der Waals surface area contributed by atoms with Crippen molar-refractivity contribution in [1.82, 2.24) is 19.4 Å². The van der Waals surface area contributed by atoms with Crippen LogP contribution in [0.3, 0.4) is 0 Å². The summed E-state index contributed by atoms with van der Waals surface area (Å²) in [7, 11) is 1.58. The van der Waals surface area contributed by atoms with Crippen molar-refractivity contribution in [1.29, 1.82) is 0 Å². The van der Waals surface area contributed by atoms with E-state index in [1.807, 2.05) is 5.32 Å². The number of halogens is 3. The predicted molar refractivity (Wildman–Crippen MR) is 125 cm³/mol. The summed E-state index contributed by atoms with van der Waals surface area (Å²) in [6, 6.07) is 5.73. The van der Waals surface area contributed by atoms with Gasteiger partial charge in [-0.2, -0.15) is 13.2 Å². The molecule has 1 aromatic carbocycles. The Morgan fingerprint density at radius 2 is 1.91 bits per heavy atom. The third kappa shape index (κ3) is 4.81. The molecule has 0 bridgehead atoms. The molecule has 0 saturated carbocycles. The minimum atomic E-state index is -5.06. The summed E-state index contributed by atoms with van der Waals surface area (Å²) in [5, 5.41) is 5.09. The molecule has 2 N–H and O–H groups in total. The maximum atomic E-state index is 13.1. The summed E-state index contributed by atoms with van der Waals surface area (Å²) in [5.41, 5.74) is 0.413. The van der Waals surface area contributed by atoms with E-state index in [0.717, 1.165) is 13.1 Å². The predicted octanol–water partition coefficient (Wildman–Crippen LogP) is 2.46. The average molecular weight is 488 g/mol. The second-order valence-corrected chi connectivity index (χ2v) is 7.78. The molecule has 2 aromatic heterocycles. The number of fused-ring (bicyclic) bond motifs is 1. The van der Waals surface area contributed by atoms with Crippen LogP contribution in [-0.2, 0) is 18.4 Å². The number of aryl methyl sites for hydroxylation is 1. The van der Waals surface area contributed by atoms with E-state index < -0.39 is 12.1 Å². The maximum Gasteiger partial charge on any atom is 0.471 e. The number of ether oxygens (including phenoxy) is 1. The molecule has 0 radical (unpaired) electrons. The second kappa shape index (κ2) is 9.71. The van der Waals surface area contributed by atoms with Gasteiger partial charge in [0, 0.05) is 33.2 Å². The van der Waals surface area contributed by atoms with Gasteiger partial charge in [-0.25, -0.2) is 9.78 Å². The molecule has 1 saturated heterocycles. The van der Waals surface area contributed by atoms with Gasteiger partial charge in [0.2, 0.25) is 0 Å². The van der Waals surface area contributed by atoms with Crippen LogP contribution in [0.1, 0.15) is 6.92 Å². The monoisotopic (exact) mass is 488 g/mol. The number of nitrogens with one attached hydrogen (secondary N) is 2. The van der Waals surface area contributed by atoms with Crippen LogP contribution in [0.5, 0.6) is 11.5 Å². The van der Waals surface area contributed by atoms with Crippen molar-refractivity contribution in [2.24, 2.45) is 7.05 Å². The first-order valence-electron chi connectivity index (χ1n) is 10.8. The molecule has 1 amide bonds. The van der Waals surface area contributed by atoms with Gasteiger partial charge in [0.25, 0.3) is 0 Å². The minimum Gasteiger partial charge on any atom is -0.451 e. The fourth-order valence-electron chi connectivity index (χ4n) is 3.87. The van der Waals surface area contributed by atoms with Gasteiger partial charge >= 0.3 is 17.8 Å². The molecule has 1 fully saturated rings. The molecule has 12 heteroatoms. The Hall–Kier alpha value is -3.98. The Morgan fingerprint density at radius 3 is 2.60 bits per heavy atom. The van der Waals surface area contributed by atoms with Crippen LogP contribution in [-0.4, -0.2) is 52.4 Å². The fraction of sp³-hybridized carbons (Fsp3) is 0.348. The van der Waals surface area contributed by atoms with E-state index in [4.69, 9.17) is 4.74 Å². The molecule has 0 atom stereocenters. The highest BCUT2D eigenvalue weighted by atomic mass is 19.4. The van der Waals surface area contributed by atoms with Crippen molar-refractivity contribution in [3.8, 4) is 23.3 Å². The zero-order valence-corrected chi connectivity index (χ0v) is 19.1. The zero-order valence-electron chi connectivity index (χ0n) is 19.1. The lowest BCUT2D eigenvalue weighted by atomic mass is 10.2. The van der Waals surface area contributed by atoms with Gasteiger partial charge in [-0.15, -0.1) is 5.92 Å². The van der Waals surface area contributed by atoms with Gasteiger partial charge in [0.1, 0.15) is 11.0 Å². The number of aromatic nitrogens is 3. The standard InChI is InChI=1S/C23H23F3N6O3/c1-3-4-11-32-19-18(30(2)22(32)34)17(14-28-20(19)31-12-9-27-10-13-31)35-16-8-6-5-7-15(16)29-21(33)23(24,25)26/h5-8,14,27H,9-13H2,1-2H3,(H,29,33). The summed E-state index contributed by atoms with van der Waals surface area (Å²) in [6.45, 7) is 4.66. The van der Waals surface area contributed by atoms with Crippen LogP contribution in [0.15, 0.2) is 35.3 Å². The zero-order chi connectivity index (χ0) is 25.2. The summed E-state index contributed by atoms with van der Waals surface area (Å²) in [5.74, 6) is 4.26. The number of nitrogens with zero attached hydrogens (tertiary/aromatic N) is 4. The number of carbonyl (C=O) groups excluding carboxylic acids is 1. The van der Waals surface area contributed by atoms with Crippen molar-refractivity contribution in [3.63, 3.8) is 0 Å². The number of amides is 1. The topological polar surface area (TPSA) is 93.4 Å². The maximum absolute atomic E-state index is 13.1. The van der Waals surface area contributed by atoms with E-state index in [2.05, 4.69) is 27.0 Å². The van der Waals surface area contributed by atoms with Crippen molar-refractivity contribution >= 4 is 28.4 Å². The van der Waals surface area contributed by atoms with Gasteiger partial charge in [0.05, 0.1) is 18.4 Å². The lowest BCUT2D eigenvalue weighted by Crippen LogP contribution is -2.44. The first-order valence-corrected chi connectivity index (χ1v) is 10.8. The van der Waals surface area contributed by atoms with Crippen LogP contribution >= 0.6 is 0 Å².